The topological polar surface area (TPSA) is 75.4 Å². The molecule has 1 aliphatic heterocycles. The van der Waals surface area contributed by atoms with Gasteiger partial charge < -0.3 is 16.0 Å². The molecule has 21 heavy (non-hydrogen) atoms. The molecule has 1 atom stereocenters. The Morgan fingerprint density at radius 2 is 1.81 bits per heavy atom. The second kappa shape index (κ2) is 7.78. The monoisotopic (exact) mass is 295 g/mol. The van der Waals surface area contributed by atoms with Crippen molar-refractivity contribution in [1.29, 1.82) is 0 Å². The number of amides is 2. The van der Waals surface area contributed by atoms with Gasteiger partial charge in [0.15, 0.2) is 0 Å². The van der Waals surface area contributed by atoms with E-state index in [4.69, 9.17) is 5.73 Å². The molecule has 120 valence electrons. The Morgan fingerprint density at radius 1 is 1.19 bits per heavy atom. The van der Waals surface area contributed by atoms with Gasteiger partial charge in [-0.15, -0.1) is 0 Å². The van der Waals surface area contributed by atoms with Crippen molar-refractivity contribution >= 4 is 11.8 Å². The first-order valence-corrected chi connectivity index (χ1v) is 8.38. The highest BCUT2D eigenvalue weighted by atomic mass is 16.2. The van der Waals surface area contributed by atoms with E-state index in [1.165, 1.54) is 25.7 Å². The van der Waals surface area contributed by atoms with Gasteiger partial charge in [-0.1, -0.05) is 19.8 Å². The van der Waals surface area contributed by atoms with Crippen LogP contribution >= 0.6 is 0 Å². The Balaban J connectivity index is 1.68. The first-order chi connectivity index (χ1) is 10.1. The fourth-order valence-corrected chi connectivity index (χ4v) is 3.42. The fourth-order valence-electron chi connectivity index (χ4n) is 3.42. The van der Waals surface area contributed by atoms with Gasteiger partial charge in [0, 0.05) is 38.0 Å². The molecule has 5 nitrogen and oxygen atoms in total. The SMILES string of the molecule is CC(CN)C(=O)N1CCC(NC(=O)CC2CCCC2)CC1. The maximum atomic E-state index is 12.0. The molecule has 2 amide bonds. The van der Waals surface area contributed by atoms with Gasteiger partial charge in [-0.25, -0.2) is 0 Å². The molecule has 0 aromatic rings. The molecule has 0 aromatic heterocycles. The van der Waals surface area contributed by atoms with Crippen LogP contribution in [-0.4, -0.2) is 42.4 Å². The van der Waals surface area contributed by atoms with Gasteiger partial charge in [0.05, 0.1) is 0 Å². The third-order valence-corrected chi connectivity index (χ3v) is 4.90. The molecule has 0 spiro atoms. The number of hydrogen-bond donors (Lipinski definition) is 2. The van der Waals surface area contributed by atoms with Crippen LogP contribution in [0.25, 0.3) is 0 Å². The zero-order chi connectivity index (χ0) is 15.2. The van der Waals surface area contributed by atoms with Crippen molar-refractivity contribution < 1.29 is 9.59 Å². The molecule has 2 aliphatic rings. The minimum absolute atomic E-state index is 0.0986. The van der Waals surface area contributed by atoms with E-state index in [-0.39, 0.29) is 23.8 Å². The molecule has 0 bridgehead atoms. The molecule has 1 saturated carbocycles. The van der Waals surface area contributed by atoms with Crippen LogP contribution in [-0.2, 0) is 9.59 Å². The average molecular weight is 295 g/mol. The number of carbonyl (C=O) groups is 2. The molecule has 1 heterocycles. The zero-order valence-corrected chi connectivity index (χ0v) is 13.1. The molecular formula is C16H29N3O2. The van der Waals surface area contributed by atoms with E-state index < -0.39 is 0 Å². The lowest BCUT2D eigenvalue weighted by atomic mass is 10.0. The van der Waals surface area contributed by atoms with Gasteiger partial charge in [0.1, 0.15) is 0 Å². The van der Waals surface area contributed by atoms with Crippen molar-refractivity contribution in [3.63, 3.8) is 0 Å². The summed E-state index contributed by atoms with van der Waals surface area (Å²) in [5.41, 5.74) is 5.55. The van der Waals surface area contributed by atoms with Crippen LogP contribution in [0.15, 0.2) is 0 Å². The standard InChI is InChI=1S/C16H29N3O2/c1-12(11-17)16(21)19-8-6-14(7-9-19)18-15(20)10-13-4-2-3-5-13/h12-14H,2-11,17H2,1H3,(H,18,20). The molecule has 1 saturated heterocycles. The summed E-state index contributed by atoms with van der Waals surface area (Å²) < 4.78 is 0. The highest BCUT2D eigenvalue weighted by Crippen LogP contribution is 2.27. The second-order valence-electron chi connectivity index (χ2n) is 6.66. The number of hydrogen-bond acceptors (Lipinski definition) is 3. The number of nitrogens with two attached hydrogens (primary N) is 1. The number of piperidine rings is 1. The van der Waals surface area contributed by atoms with Crippen molar-refractivity contribution in [1.82, 2.24) is 10.2 Å². The highest BCUT2D eigenvalue weighted by molar-refractivity contribution is 5.79. The van der Waals surface area contributed by atoms with Crippen LogP contribution in [0.4, 0.5) is 0 Å². The molecule has 0 aromatic carbocycles. The average Bonchev–Trinajstić information content (AvgIpc) is 2.99. The second-order valence-corrected chi connectivity index (χ2v) is 6.66. The minimum atomic E-state index is -0.0986. The lowest BCUT2D eigenvalue weighted by Gasteiger charge is -2.34. The first kappa shape index (κ1) is 16.3. The summed E-state index contributed by atoms with van der Waals surface area (Å²) in [6.07, 6.45) is 7.37. The van der Waals surface area contributed by atoms with Gasteiger partial charge in [0.25, 0.3) is 0 Å². The molecule has 2 rings (SSSR count). The third kappa shape index (κ3) is 4.70. The molecule has 3 N–H and O–H groups in total. The Morgan fingerprint density at radius 3 is 2.38 bits per heavy atom. The molecule has 2 fully saturated rings. The predicted octanol–water partition coefficient (Wildman–Crippen LogP) is 1.27. The van der Waals surface area contributed by atoms with Gasteiger partial charge in [0.2, 0.25) is 11.8 Å². The van der Waals surface area contributed by atoms with E-state index >= 15 is 0 Å². The molecule has 0 radical (unpaired) electrons. The van der Waals surface area contributed by atoms with E-state index in [0.29, 0.717) is 18.9 Å². The number of rotatable bonds is 5. The molecule has 5 heteroatoms. The summed E-state index contributed by atoms with van der Waals surface area (Å²) in [6, 6.07) is 0.233. The summed E-state index contributed by atoms with van der Waals surface area (Å²) in [5, 5.41) is 3.15. The fraction of sp³-hybridized carbons (Fsp3) is 0.875. The van der Waals surface area contributed by atoms with E-state index in [9.17, 15) is 9.59 Å². The summed E-state index contributed by atoms with van der Waals surface area (Å²) in [5.74, 6) is 0.839. The molecule has 1 aliphatic carbocycles. The lowest BCUT2D eigenvalue weighted by molar-refractivity contribution is -0.135. The quantitative estimate of drug-likeness (QED) is 0.802. The van der Waals surface area contributed by atoms with Gasteiger partial charge in [-0.05, 0) is 31.6 Å². The summed E-state index contributed by atoms with van der Waals surface area (Å²) in [4.78, 5) is 26.0. The van der Waals surface area contributed by atoms with Gasteiger partial charge in [-0.3, -0.25) is 9.59 Å². The number of carbonyl (C=O) groups excluding carboxylic acids is 2. The minimum Gasteiger partial charge on any atom is -0.353 e. The molecular weight excluding hydrogens is 266 g/mol. The Labute approximate surface area is 127 Å². The van der Waals surface area contributed by atoms with Crippen molar-refractivity contribution in [2.45, 2.75) is 57.9 Å². The van der Waals surface area contributed by atoms with E-state index in [1.54, 1.807) is 0 Å². The largest absolute Gasteiger partial charge is 0.353 e. The normalized spacial score (nSPS) is 22.3. The number of nitrogens with zero attached hydrogens (tertiary/aromatic N) is 1. The van der Waals surface area contributed by atoms with Crippen LogP contribution in [0, 0.1) is 11.8 Å². The van der Waals surface area contributed by atoms with Crippen LogP contribution in [0.1, 0.15) is 51.9 Å². The third-order valence-electron chi connectivity index (χ3n) is 4.90. The van der Waals surface area contributed by atoms with Crippen molar-refractivity contribution in [3.8, 4) is 0 Å². The van der Waals surface area contributed by atoms with Crippen molar-refractivity contribution in [2.75, 3.05) is 19.6 Å². The summed E-state index contributed by atoms with van der Waals surface area (Å²) in [7, 11) is 0. The van der Waals surface area contributed by atoms with Crippen LogP contribution in [0.2, 0.25) is 0 Å². The van der Waals surface area contributed by atoms with E-state index in [1.807, 2.05) is 11.8 Å². The number of nitrogens with one attached hydrogen (secondary N) is 1. The van der Waals surface area contributed by atoms with Gasteiger partial charge >= 0.3 is 0 Å². The smallest absolute Gasteiger partial charge is 0.226 e. The lowest BCUT2D eigenvalue weighted by Crippen LogP contribution is -2.48. The number of likely N-dealkylation sites (tertiary alicyclic amines) is 1. The first-order valence-electron chi connectivity index (χ1n) is 8.38. The van der Waals surface area contributed by atoms with E-state index in [2.05, 4.69) is 5.32 Å². The zero-order valence-electron chi connectivity index (χ0n) is 13.1. The van der Waals surface area contributed by atoms with E-state index in [0.717, 1.165) is 25.9 Å². The van der Waals surface area contributed by atoms with Crippen molar-refractivity contribution in [2.24, 2.45) is 17.6 Å². The Hall–Kier alpha value is -1.10. The predicted molar refractivity (Wildman–Crippen MR) is 82.5 cm³/mol. The molecule has 1 unspecified atom stereocenters. The summed E-state index contributed by atoms with van der Waals surface area (Å²) in [6.45, 7) is 3.74. The maximum absolute atomic E-state index is 12.0. The highest BCUT2D eigenvalue weighted by Gasteiger charge is 2.27. The Kier molecular flexibility index (Phi) is 6.03. The Bertz CT molecular complexity index is 359. The van der Waals surface area contributed by atoms with Crippen LogP contribution in [0.3, 0.4) is 0 Å². The summed E-state index contributed by atoms with van der Waals surface area (Å²) >= 11 is 0. The van der Waals surface area contributed by atoms with Crippen molar-refractivity contribution in [3.05, 3.63) is 0 Å². The van der Waals surface area contributed by atoms with Gasteiger partial charge in [-0.2, -0.15) is 0 Å². The van der Waals surface area contributed by atoms with Crippen LogP contribution in [0.5, 0.6) is 0 Å². The van der Waals surface area contributed by atoms with Crippen LogP contribution < -0.4 is 11.1 Å². The maximum Gasteiger partial charge on any atom is 0.226 e.